The molecule has 2 N–H and O–H groups in total. The van der Waals surface area contributed by atoms with Crippen molar-refractivity contribution in [1.29, 1.82) is 0 Å². The van der Waals surface area contributed by atoms with Crippen molar-refractivity contribution in [3.05, 3.63) is 20.8 Å². The summed E-state index contributed by atoms with van der Waals surface area (Å²) in [5.74, 6) is 0. The minimum Gasteiger partial charge on any atom is -0.381 e. The van der Waals surface area contributed by atoms with Gasteiger partial charge in [0.25, 0.3) is 0 Å². The molecule has 0 radical (unpaired) electrons. The minimum absolute atomic E-state index is 0.205. The molecule has 1 rings (SSSR count). The van der Waals surface area contributed by atoms with Crippen LogP contribution in [0.4, 0.5) is 0 Å². The van der Waals surface area contributed by atoms with E-state index in [1.807, 2.05) is 0 Å². The second-order valence-corrected chi connectivity index (χ2v) is 5.41. The van der Waals surface area contributed by atoms with Crippen LogP contribution in [0.15, 0.2) is 15.9 Å². The highest BCUT2D eigenvalue weighted by atomic mass is 79.9. The van der Waals surface area contributed by atoms with Gasteiger partial charge in [0.1, 0.15) is 0 Å². The van der Waals surface area contributed by atoms with Crippen LogP contribution in [-0.2, 0) is 11.2 Å². The third kappa shape index (κ3) is 5.11. The lowest BCUT2D eigenvalue weighted by atomic mass is 10.1. The third-order valence-electron chi connectivity index (χ3n) is 2.12. The third-order valence-corrected chi connectivity index (χ3v) is 4.07. The van der Waals surface area contributed by atoms with Crippen LogP contribution in [0.2, 0.25) is 0 Å². The standard InChI is InChI=1S/C11H18BrNOS/c1-2-5-14-6-3-9(13)8-11-10(12)4-7-15-11/h4,7,9H,2-3,5-6,8,13H2,1H3. The van der Waals surface area contributed by atoms with E-state index in [-0.39, 0.29) is 6.04 Å². The molecule has 1 aromatic heterocycles. The van der Waals surface area contributed by atoms with E-state index in [0.29, 0.717) is 0 Å². The number of ether oxygens (including phenoxy) is 1. The lowest BCUT2D eigenvalue weighted by molar-refractivity contribution is 0.128. The van der Waals surface area contributed by atoms with Gasteiger partial charge in [-0.25, -0.2) is 0 Å². The van der Waals surface area contributed by atoms with Gasteiger partial charge in [0.15, 0.2) is 0 Å². The lowest BCUT2D eigenvalue weighted by Crippen LogP contribution is -2.24. The molecular weight excluding hydrogens is 274 g/mol. The summed E-state index contributed by atoms with van der Waals surface area (Å²) in [5.41, 5.74) is 6.02. The van der Waals surface area contributed by atoms with Crippen LogP contribution in [0.1, 0.15) is 24.6 Å². The van der Waals surface area contributed by atoms with Gasteiger partial charge in [-0.1, -0.05) is 6.92 Å². The normalized spacial score (nSPS) is 13.0. The quantitative estimate of drug-likeness (QED) is 0.783. The van der Waals surface area contributed by atoms with Crippen LogP contribution in [-0.4, -0.2) is 19.3 Å². The van der Waals surface area contributed by atoms with Gasteiger partial charge < -0.3 is 10.5 Å². The highest BCUT2D eigenvalue weighted by molar-refractivity contribution is 9.10. The second kappa shape index (κ2) is 7.39. The Labute approximate surface area is 104 Å². The summed E-state index contributed by atoms with van der Waals surface area (Å²) in [5, 5.41) is 2.08. The van der Waals surface area contributed by atoms with E-state index in [0.717, 1.165) is 32.5 Å². The van der Waals surface area contributed by atoms with E-state index >= 15 is 0 Å². The van der Waals surface area contributed by atoms with Crippen molar-refractivity contribution in [2.45, 2.75) is 32.2 Å². The first-order valence-electron chi connectivity index (χ1n) is 5.29. The van der Waals surface area contributed by atoms with E-state index in [1.165, 1.54) is 9.35 Å². The van der Waals surface area contributed by atoms with Crippen molar-refractivity contribution in [3.63, 3.8) is 0 Å². The smallest absolute Gasteiger partial charge is 0.0480 e. The monoisotopic (exact) mass is 291 g/mol. The summed E-state index contributed by atoms with van der Waals surface area (Å²) in [4.78, 5) is 1.33. The largest absolute Gasteiger partial charge is 0.381 e. The van der Waals surface area contributed by atoms with E-state index < -0.39 is 0 Å². The molecule has 0 bridgehead atoms. The molecule has 0 aliphatic heterocycles. The number of nitrogens with two attached hydrogens (primary N) is 1. The minimum atomic E-state index is 0.205. The van der Waals surface area contributed by atoms with Gasteiger partial charge in [-0.15, -0.1) is 11.3 Å². The molecule has 1 unspecified atom stereocenters. The van der Waals surface area contributed by atoms with Gasteiger partial charge in [0.2, 0.25) is 0 Å². The molecule has 1 atom stereocenters. The van der Waals surface area contributed by atoms with Gasteiger partial charge in [-0.2, -0.15) is 0 Å². The Kier molecular flexibility index (Phi) is 6.48. The highest BCUT2D eigenvalue weighted by Crippen LogP contribution is 2.24. The summed E-state index contributed by atoms with van der Waals surface area (Å²) in [6.07, 6.45) is 2.95. The van der Waals surface area contributed by atoms with Gasteiger partial charge >= 0.3 is 0 Å². The zero-order chi connectivity index (χ0) is 11.1. The zero-order valence-corrected chi connectivity index (χ0v) is 11.4. The van der Waals surface area contributed by atoms with Crippen LogP contribution < -0.4 is 5.73 Å². The maximum Gasteiger partial charge on any atom is 0.0480 e. The van der Waals surface area contributed by atoms with Crippen molar-refractivity contribution >= 4 is 27.3 Å². The summed E-state index contributed by atoms with van der Waals surface area (Å²) in [7, 11) is 0. The highest BCUT2D eigenvalue weighted by Gasteiger charge is 2.07. The van der Waals surface area contributed by atoms with Crippen LogP contribution >= 0.6 is 27.3 Å². The fraction of sp³-hybridized carbons (Fsp3) is 0.636. The lowest BCUT2D eigenvalue weighted by Gasteiger charge is -2.10. The van der Waals surface area contributed by atoms with Crippen molar-refractivity contribution in [2.75, 3.05) is 13.2 Å². The Morgan fingerprint density at radius 1 is 1.53 bits per heavy atom. The number of hydrogen-bond acceptors (Lipinski definition) is 3. The van der Waals surface area contributed by atoms with E-state index in [2.05, 4.69) is 34.3 Å². The number of thiophene rings is 1. The van der Waals surface area contributed by atoms with Gasteiger partial charge in [-0.3, -0.25) is 0 Å². The van der Waals surface area contributed by atoms with Crippen LogP contribution in [0.3, 0.4) is 0 Å². The SMILES string of the molecule is CCCOCCC(N)Cc1sccc1Br. The van der Waals surface area contributed by atoms with E-state index in [1.54, 1.807) is 11.3 Å². The Morgan fingerprint density at radius 3 is 2.93 bits per heavy atom. The summed E-state index contributed by atoms with van der Waals surface area (Å²) < 4.78 is 6.59. The second-order valence-electron chi connectivity index (χ2n) is 3.56. The molecular formula is C11H18BrNOS. The zero-order valence-electron chi connectivity index (χ0n) is 9.04. The summed E-state index contributed by atoms with van der Waals surface area (Å²) in [6, 6.07) is 2.28. The molecule has 0 aromatic carbocycles. The topological polar surface area (TPSA) is 35.2 Å². The van der Waals surface area contributed by atoms with Crippen molar-refractivity contribution in [1.82, 2.24) is 0 Å². The van der Waals surface area contributed by atoms with Gasteiger partial charge in [-0.05, 0) is 46.6 Å². The number of rotatable bonds is 7. The molecule has 86 valence electrons. The summed E-state index contributed by atoms with van der Waals surface area (Å²) in [6.45, 7) is 3.73. The van der Waals surface area contributed by atoms with Crippen LogP contribution in [0, 0.1) is 0 Å². The molecule has 0 fully saturated rings. The molecule has 0 aliphatic carbocycles. The molecule has 0 saturated heterocycles. The predicted molar refractivity (Wildman–Crippen MR) is 69.4 cm³/mol. The van der Waals surface area contributed by atoms with Gasteiger partial charge in [0.05, 0.1) is 0 Å². The fourth-order valence-corrected chi connectivity index (χ4v) is 2.90. The number of hydrogen-bond donors (Lipinski definition) is 1. The first-order valence-corrected chi connectivity index (χ1v) is 6.96. The molecule has 1 aromatic rings. The van der Waals surface area contributed by atoms with E-state index in [9.17, 15) is 0 Å². The maximum atomic E-state index is 6.02. The molecule has 0 aliphatic rings. The maximum absolute atomic E-state index is 6.02. The van der Waals surface area contributed by atoms with Gasteiger partial charge in [0, 0.05) is 28.6 Å². The molecule has 1 heterocycles. The molecule has 0 amide bonds. The molecule has 0 spiro atoms. The first-order chi connectivity index (χ1) is 7.24. The first kappa shape index (κ1) is 13.2. The van der Waals surface area contributed by atoms with Crippen molar-refractivity contribution in [2.24, 2.45) is 5.73 Å². The van der Waals surface area contributed by atoms with Crippen molar-refractivity contribution in [3.8, 4) is 0 Å². The Bertz CT molecular complexity index is 277. The molecule has 15 heavy (non-hydrogen) atoms. The van der Waals surface area contributed by atoms with Crippen molar-refractivity contribution < 1.29 is 4.74 Å². The van der Waals surface area contributed by atoms with Crippen LogP contribution in [0.5, 0.6) is 0 Å². The van der Waals surface area contributed by atoms with Crippen LogP contribution in [0.25, 0.3) is 0 Å². The molecule has 2 nitrogen and oxygen atoms in total. The average Bonchev–Trinajstić information content (AvgIpc) is 2.59. The molecule has 4 heteroatoms. The Hall–Kier alpha value is 0.100. The Morgan fingerprint density at radius 2 is 2.33 bits per heavy atom. The Balaban J connectivity index is 2.18. The van der Waals surface area contributed by atoms with E-state index in [4.69, 9.17) is 10.5 Å². The average molecular weight is 292 g/mol. The number of halogens is 1. The predicted octanol–water partition coefficient (Wildman–Crippen LogP) is 3.20. The summed E-state index contributed by atoms with van der Waals surface area (Å²) >= 11 is 5.27. The fourth-order valence-electron chi connectivity index (χ4n) is 1.29. The molecule has 0 saturated carbocycles.